The molecule has 0 radical (unpaired) electrons. The van der Waals surface area contributed by atoms with Crippen molar-refractivity contribution in [2.75, 3.05) is 19.5 Å². The van der Waals surface area contributed by atoms with E-state index in [1.54, 1.807) is 36.0 Å². The van der Waals surface area contributed by atoms with Crippen LogP contribution in [0, 0.1) is 0 Å². The summed E-state index contributed by atoms with van der Waals surface area (Å²) in [7, 11) is 1.53. The number of fused-ring (bicyclic) bond motifs is 1. The average Bonchev–Trinajstić information content (AvgIpc) is 2.65. The summed E-state index contributed by atoms with van der Waals surface area (Å²) >= 11 is 1.69. The van der Waals surface area contributed by atoms with Crippen LogP contribution in [0.15, 0.2) is 47.4 Å². The maximum atomic E-state index is 12.4. The van der Waals surface area contributed by atoms with Gasteiger partial charge >= 0.3 is 0 Å². The number of benzene rings is 2. The van der Waals surface area contributed by atoms with Gasteiger partial charge in [-0.1, -0.05) is 12.1 Å². The molecule has 0 unspecified atom stereocenters. The number of methoxy groups -OCH3 is 1. The summed E-state index contributed by atoms with van der Waals surface area (Å²) in [4.78, 5) is 25.7. The largest absolute Gasteiger partial charge is 0.496 e. The van der Waals surface area contributed by atoms with Crippen LogP contribution >= 0.6 is 11.8 Å². The van der Waals surface area contributed by atoms with Gasteiger partial charge in [0, 0.05) is 24.2 Å². The Morgan fingerprint density at radius 3 is 2.75 bits per heavy atom. The lowest BCUT2D eigenvalue weighted by Gasteiger charge is -2.17. The molecule has 0 amide bonds. The van der Waals surface area contributed by atoms with Gasteiger partial charge in [-0.25, -0.2) is 0 Å². The van der Waals surface area contributed by atoms with E-state index in [0.29, 0.717) is 23.5 Å². The van der Waals surface area contributed by atoms with E-state index < -0.39 is 0 Å². The van der Waals surface area contributed by atoms with Crippen LogP contribution in [-0.4, -0.2) is 31.0 Å². The average molecular weight is 342 g/mol. The van der Waals surface area contributed by atoms with Crippen LogP contribution in [0.2, 0.25) is 0 Å². The number of carbonyl (C=O) groups excluding carboxylic acids is 2. The van der Waals surface area contributed by atoms with Crippen molar-refractivity contribution in [2.45, 2.75) is 17.7 Å². The van der Waals surface area contributed by atoms with Crippen molar-refractivity contribution < 1.29 is 19.1 Å². The topological polar surface area (TPSA) is 52.6 Å². The van der Waals surface area contributed by atoms with Gasteiger partial charge in [-0.05, 0) is 30.3 Å². The van der Waals surface area contributed by atoms with Gasteiger partial charge in [0.2, 0.25) is 0 Å². The molecule has 3 rings (SSSR count). The summed E-state index contributed by atoms with van der Waals surface area (Å²) < 4.78 is 10.7. The van der Waals surface area contributed by atoms with E-state index in [4.69, 9.17) is 9.47 Å². The Morgan fingerprint density at radius 2 is 1.92 bits per heavy atom. The molecule has 1 aliphatic heterocycles. The predicted molar refractivity (Wildman–Crippen MR) is 93.6 cm³/mol. The Kier molecular flexibility index (Phi) is 5.20. The lowest BCUT2D eigenvalue weighted by atomic mass is 10.0. The second-order valence-electron chi connectivity index (χ2n) is 5.41. The molecular formula is C19H18O4S. The van der Waals surface area contributed by atoms with Crippen molar-refractivity contribution in [3.8, 4) is 11.5 Å². The fraction of sp³-hybridized carbons (Fsp3) is 0.263. The Hall–Kier alpha value is -2.27. The Labute approximate surface area is 145 Å². The SMILES string of the molecule is COc1ccccc1C(=O)CCC(=O)c1ccc2c(c1)SCCO2. The minimum Gasteiger partial charge on any atom is -0.496 e. The first-order valence-corrected chi connectivity index (χ1v) is 8.76. The molecule has 1 heterocycles. The number of Topliss-reactive ketones (excluding diaryl/α,β-unsaturated/α-hetero) is 2. The molecule has 0 atom stereocenters. The number of ether oxygens (including phenoxy) is 2. The van der Waals surface area contributed by atoms with E-state index in [1.165, 1.54) is 7.11 Å². The van der Waals surface area contributed by atoms with Crippen LogP contribution in [0.25, 0.3) is 0 Å². The van der Waals surface area contributed by atoms with E-state index >= 15 is 0 Å². The van der Waals surface area contributed by atoms with Gasteiger partial charge in [0.25, 0.3) is 0 Å². The first-order valence-electron chi connectivity index (χ1n) is 7.78. The molecule has 0 bridgehead atoms. The number of carbonyl (C=O) groups is 2. The summed E-state index contributed by atoms with van der Waals surface area (Å²) in [5.41, 5.74) is 1.14. The molecule has 5 heteroatoms. The standard InChI is InChI=1S/C19H18O4S/c1-22-17-5-3-2-4-14(17)16(21)8-7-15(20)13-6-9-18-19(12-13)24-11-10-23-18/h2-6,9,12H,7-8,10-11H2,1H3. The Morgan fingerprint density at radius 1 is 1.12 bits per heavy atom. The van der Waals surface area contributed by atoms with Gasteiger partial charge in [-0.15, -0.1) is 11.8 Å². The molecule has 0 saturated heterocycles. The first kappa shape index (κ1) is 16.6. The summed E-state index contributed by atoms with van der Waals surface area (Å²) in [6.45, 7) is 0.693. The van der Waals surface area contributed by atoms with Gasteiger partial charge in [0.05, 0.1) is 24.2 Å². The summed E-state index contributed by atoms with van der Waals surface area (Å²) in [6, 6.07) is 12.5. The number of hydrogen-bond acceptors (Lipinski definition) is 5. The monoisotopic (exact) mass is 342 g/mol. The zero-order valence-corrected chi connectivity index (χ0v) is 14.2. The van der Waals surface area contributed by atoms with Gasteiger partial charge in [0.15, 0.2) is 11.6 Å². The number of para-hydroxylation sites is 1. The molecule has 0 saturated carbocycles. The molecule has 0 spiro atoms. The molecule has 0 N–H and O–H groups in total. The molecule has 4 nitrogen and oxygen atoms in total. The van der Waals surface area contributed by atoms with Gasteiger partial charge in [-0.2, -0.15) is 0 Å². The van der Waals surface area contributed by atoms with Crippen molar-refractivity contribution in [1.29, 1.82) is 0 Å². The molecule has 24 heavy (non-hydrogen) atoms. The maximum absolute atomic E-state index is 12.4. The van der Waals surface area contributed by atoms with Crippen molar-refractivity contribution >= 4 is 23.3 Å². The summed E-state index contributed by atoms with van der Waals surface area (Å²) in [5.74, 6) is 2.13. The van der Waals surface area contributed by atoms with Crippen molar-refractivity contribution in [3.05, 3.63) is 53.6 Å². The second kappa shape index (κ2) is 7.53. The van der Waals surface area contributed by atoms with Crippen molar-refractivity contribution in [3.63, 3.8) is 0 Å². The fourth-order valence-electron chi connectivity index (χ4n) is 2.60. The van der Waals surface area contributed by atoms with E-state index in [9.17, 15) is 9.59 Å². The van der Waals surface area contributed by atoms with Gasteiger partial charge < -0.3 is 9.47 Å². The molecule has 0 aliphatic carbocycles. The third kappa shape index (κ3) is 3.62. The normalized spacial score (nSPS) is 12.9. The highest BCUT2D eigenvalue weighted by molar-refractivity contribution is 7.99. The van der Waals surface area contributed by atoms with E-state index in [-0.39, 0.29) is 24.4 Å². The number of hydrogen-bond donors (Lipinski definition) is 0. The lowest BCUT2D eigenvalue weighted by molar-refractivity contribution is 0.0915. The smallest absolute Gasteiger partial charge is 0.167 e. The van der Waals surface area contributed by atoms with Crippen LogP contribution in [0.4, 0.5) is 0 Å². The van der Waals surface area contributed by atoms with Crippen LogP contribution in [0.3, 0.4) is 0 Å². The van der Waals surface area contributed by atoms with Crippen LogP contribution < -0.4 is 9.47 Å². The van der Waals surface area contributed by atoms with Crippen molar-refractivity contribution in [1.82, 2.24) is 0 Å². The van der Waals surface area contributed by atoms with Gasteiger partial charge in [-0.3, -0.25) is 9.59 Å². The van der Waals surface area contributed by atoms with E-state index in [0.717, 1.165) is 16.4 Å². The molecule has 124 valence electrons. The highest BCUT2D eigenvalue weighted by atomic mass is 32.2. The van der Waals surface area contributed by atoms with Crippen LogP contribution in [0.5, 0.6) is 11.5 Å². The van der Waals surface area contributed by atoms with E-state index in [2.05, 4.69) is 0 Å². The molecule has 2 aromatic carbocycles. The van der Waals surface area contributed by atoms with E-state index in [1.807, 2.05) is 18.2 Å². The minimum atomic E-state index is -0.0866. The number of thioether (sulfide) groups is 1. The van der Waals surface area contributed by atoms with Crippen molar-refractivity contribution in [2.24, 2.45) is 0 Å². The first-order chi connectivity index (χ1) is 11.7. The van der Waals surface area contributed by atoms with Crippen LogP contribution in [-0.2, 0) is 0 Å². The second-order valence-corrected chi connectivity index (χ2v) is 6.54. The molecular weight excluding hydrogens is 324 g/mol. The zero-order valence-electron chi connectivity index (χ0n) is 13.4. The molecule has 1 aliphatic rings. The quantitative estimate of drug-likeness (QED) is 0.742. The molecule has 0 fully saturated rings. The Bertz CT molecular complexity index is 770. The summed E-state index contributed by atoms with van der Waals surface area (Å²) in [5, 5.41) is 0. The predicted octanol–water partition coefficient (Wildman–Crippen LogP) is 4.03. The lowest BCUT2D eigenvalue weighted by Crippen LogP contribution is -2.09. The molecule has 2 aromatic rings. The fourth-order valence-corrected chi connectivity index (χ4v) is 3.46. The third-order valence-electron chi connectivity index (χ3n) is 3.85. The number of rotatable bonds is 6. The van der Waals surface area contributed by atoms with Crippen LogP contribution in [0.1, 0.15) is 33.6 Å². The van der Waals surface area contributed by atoms with Gasteiger partial charge in [0.1, 0.15) is 11.5 Å². The Balaban J connectivity index is 1.66. The molecule has 0 aromatic heterocycles. The number of ketones is 2. The highest BCUT2D eigenvalue weighted by Crippen LogP contribution is 2.34. The maximum Gasteiger partial charge on any atom is 0.167 e. The third-order valence-corrected chi connectivity index (χ3v) is 4.85. The summed E-state index contributed by atoms with van der Waals surface area (Å²) in [6.07, 6.45) is 0.348. The highest BCUT2D eigenvalue weighted by Gasteiger charge is 2.17. The minimum absolute atomic E-state index is 0.0350. The zero-order chi connectivity index (χ0) is 16.9.